The fourth-order valence-corrected chi connectivity index (χ4v) is 3.88. The molecule has 0 aromatic heterocycles. The molecule has 21 heavy (non-hydrogen) atoms. The zero-order valence-electron chi connectivity index (χ0n) is 13.3. The minimum Gasteiger partial charge on any atom is -0.497 e. The van der Waals surface area contributed by atoms with Crippen LogP contribution in [0.25, 0.3) is 0 Å². The van der Waals surface area contributed by atoms with Gasteiger partial charge in [-0.15, -0.1) is 0 Å². The number of hydrogen-bond acceptors (Lipinski definition) is 3. The third-order valence-electron chi connectivity index (χ3n) is 5.35. The lowest BCUT2D eigenvalue weighted by Crippen LogP contribution is -2.44. The van der Waals surface area contributed by atoms with E-state index in [2.05, 4.69) is 13.8 Å². The molecule has 3 heteroatoms. The normalized spacial score (nSPS) is 31.9. The second-order valence-corrected chi connectivity index (χ2v) is 6.99. The van der Waals surface area contributed by atoms with Crippen LogP contribution in [0.4, 0.5) is 0 Å². The van der Waals surface area contributed by atoms with E-state index in [1.54, 1.807) is 7.11 Å². The Kier molecular flexibility index (Phi) is 3.87. The van der Waals surface area contributed by atoms with Crippen LogP contribution in [0.3, 0.4) is 0 Å². The first-order chi connectivity index (χ1) is 10.0. The van der Waals surface area contributed by atoms with Crippen molar-refractivity contribution < 1.29 is 14.6 Å². The highest BCUT2D eigenvalue weighted by Gasteiger charge is 2.43. The lowest BCUT2D eigenvalue weighted by atomic mass is 9.71. The fourth-order valence-electron chi connectivity index (χ4n) is 3.88. The largest absolute Gasteiger partial charge is 0.497 e. The van der Waals surface area contributed by atoms with E-state index in [4.69, 9.17) is 9.47 Å². The van der Waals surface area contributed by atoms with Gasteiger partial charge in [0.05, 0.1) is 13.2 Å². The van der Waals surface area contributed by atoms with Gasteiger partial charge in [0.15, 0.2) is 0 Å². The van der Waals surface area contributed by atoms with Crippen molar-refractivity contribution in [1.29, 1.82) is 0 Å². The van der Waals surface area contributed by atoms with Crippen LogP contribution in [0.2, 0.25) is 0 Å². The van der Waals surface area contributed by atoms with Gasteiger partial charge in [0.2, 0.25) is 0 Å². The van der Waals surface area contributed by atoms with Gasteiger partial charge in [-0.2, -0.15) is 0 Å². The molecule has 1 heterocycles. The van der Waals surface area contributed by atoms with Gasteiger partial charge in [0, 0.05) is 12.0 Å². The number of benzene rings is 1. The molecule has 1 aromatic carbocycles. The summed E-state index contributed by atoms with van der Waals surface area (Å²) in [5.41, 5.74) is 0.706. The molecule has 1 aromatic rings. The minimum absolute atomic E-state index is 0.160. The van der Waals surface area contributed by atoms with E-state index in [0.29, 0.717) is 6.42 Å². The summed E-state index contributed by atoms with van der Waals surface area (Å²) in [7, 11) is 1.65. The minimum atomic E-state index is -0.445. The molecule has 1 unspecified atom stereocenters. The summed E-state index contributed by atoms with van der Waals surface area (Å²) >= 11 is 0. The standard InChI is InChI=1S/C18H26O3/c1-12(2)13-6-8-18(9-7-13)11-16(19)15-10-14(20-3)4-5-17(15)21-18/h4-5,10,12-13,16,19H,6-9,11H2,1-3H3. The second kappa shape index (κ2) is 5.53. The van der Waals surface area contributed by atoms with E-state index < -0.39 is 6.10 Å². The van der Waals surface area contributed by atoms with Crippen LogP contribution in [-0.4, -0.2) is 17.8 Å². The molecule has 0 bridgehead atoms. The lowest BCUT2D eigenvalue weighted by Gasteiger charge is -2.45. The number of rotatable bonds is 2. The molecule has 1 saturated carbocycles. The van der Waals surface area contributed by atoms with E-state index in [0.717, 1.165) is 41.7 Å². The Bertz CT molecular complexity index is 501. The van der Waals surface area contributed by atoms with Crippen LogP contribution in [0.5, 0.6) is 11.5 Å². The Morgan fingerprint density at radius 2 is 2.00 bits per heavy atom. The van der Waals surface area contributed by atoms with E-state index in [1.165, 1.54) is 12.8 Å². The van der Waals surface area contributed by atoms with Crippen LogP contribution < -0.4 is 9.47 Å². The zero-order chi connectivity index (χ0) is 15.0. The van der Waals surface area contributed by atoms with Gasteiger partial charge in [0.25, 0.3) is 0 Å². The van der Waals surface area contributed by atoms with Gasteiger partial charge in [-0.1, -0.05) is 13.8 Å². The number of hydrogen-bond donors (Lipinski definition) is 1. The number of fused-ring (bicyclic) bond motifs is 1. The third kappa shape index (κ3) is 2.76. The van der Waals surface area contributed by atoms with Crippen LogP contribution in [-0.2, 0) is 0 Å². The molecule has 1 atom stereocenters. The fraction of sp³-hybridized carbons (Fsp3) is 0.667. The molecule has 0 saturated heterocycles. The van der Waals surface area contributed by atoms with Gasteiger partial charge >= 0.3 is 0 Å². The lowest BCUT2D eigenvalue weighted by molar-refractivity contribution is -0.0504. The summed E-state index contributed by atoms with van der Waals surface area (Å²) in [6.07, 6.45) is 4.78. The first-order valence-corrected chi connectivity index (χ1v) is 8.08. The number of aliphatic hydroxyl groups is 1. The Labute approximate surface area is 127 Å². The smallest absolute Gasteiger partial charge is 0.126 e. The maximum absolute atomic E-state index is 10.5. The van der Waals surface area contributed by atoms with Crippen molar-refractivity contribution in [3.63, 3.8) is 0 Å². The van der Waals surface area contributed by atoms with E-state index in [1.807, 2.05) is 18.2 Å². The molecule has 0 amide bonds. The van der Waals surface area contributed by atoms with Crippen LogP contribution in [0.15, 0.2) is 18.2 Å². The molecular formula is C18H26O3. The number of ether oxygens (including phenoxy) is 2. The van der Waals surface area contributed by atoms with Crippen molar-refractivity contribution in [2.75, 3.05) is 7.11 Å². The van der Waals surface area contributed by atoms with Crippen molar-refractivity contribution in [3.05, 3.63) is 23.8 Å². The van der Waals surface area contributed by atoms with Gasteiger partial charge in [-0.3, -0.25) is 0 Å². The SMILES string of the molecule is COc1ccc2c(c1)C(O)CC1(CCC(C(C)C)CC1)O2. The highest BCUT2D eigenvalue weighted by atomic mass is 16.5. The van der Waals surface area contributed by atoms with Gasteiger partial charge in [-0.25, -0.2) is 0 Å². The summed E-state index contributed by atoms with van der Waals surface area (Å²) < 4.78 is 11.6. The highest BCUT2D eigenvalue weighted by molar-refractivity contribution is 5.43. The van der Waals surface area contributed by atoms with Crippen molar-refractivity contribution in [3.8, 4) is 11.5 Å². The van der Waals surface area contributed by atoms with Crippen LogP contribution >= 0.6 is 0 Å². The van der Waals surface area contributed by atoms with Crippen molar-refractivity contribution in [2.24, 2.45) is 11.8 Å². The predicted octanol–water partition coefficient (Wildman–Crippen LogP) is 4.10. The summed E-state index contributed by atoms with van der Waals surface area (Å²) in [6, 6.07) is 5.74. The molecular weight excluding hydrogens is 264 g/mol. The van der Waals surface area contributed by atoms with Gasteiger partial charge in [0.1, 0.15) is 17.1 Å². The maximum atomic E-state index is 10.5. The van der Waals surface area contributed by atoms with Gasteiger partial charge < -0.3 is 14.6 Å². The molecule has 1 aliphatic carbocycles. The van der Waals surface area contributed by atoms with Crippen molar-refractivity contribution in [2.45, 2.75) is 57.7 Å². The molecule has 2 aliphatic rings. The molecule has 1 spiro atoms. The molecule has 1 fully saturated rings. The molecule has 1 N–H and O–H groups in total. The maximum Gasteiger partial charge on any atom is 0.126 e. The van der Waals surface area contributed by atoms with E-state index in [9.17, 15) is 5.11 Å². The molecule has 1 aliphatic heterocycles. The predicted molar refractivity (Wildman–Crippen MR) is 82.7 cm³/mol. The molecule has 116 valence electrons. The van der Waals surface area contributed by atoms with Crippen molar-refractivity contribution >= 4 is 0 Å². The average molecular weight is 290 g/mol. The first kappa shape index (κ1) is 14.7. The number of methoxy groups -OCH3 is 1. The summed E-state index contributed by atoms with van der Waals surface area (Å²) in [5.74, 6) is 3.15. The third-order valence-corrected chi connectivity index (χ3v) is 5.35. The summed E-state index contributed by atoms with van der Waals surface area (Å²) in [5, 5.41) is 10.5. The van der Waals surface area contributed by atoms with E-state index in [-0.39, 0.29) is 5.60 Å². The Balaban J connectivity index is 1.79. The average Bonchev–Trinajstić information content (AvgIpc) is 2.47. The monoisotopic (exact) mass is 290 g/mol. The quantitative estimate of drug-likeness (QED) is 0.891. The Hall–Kier alpha value is -1.22. The number of aliphatic hydroxyl groups excluding tert-OH is 1. The molecule has 3 rings (SSSR count). The van der Waals surface area contributed by atoms with Gasteiger partial charge in [-0.05, 0) is 55.7 Å². The van der Waals surface area contributed by atoms with Crippen LogP contribution in [0.1, 0.15) is 57.6 Å². The summed E-state index contributed by atoms with van der Waals surface area (Å²) in [4.78, 5) is 0. The topological polar surface area (TPSA) is 38.7 Å². The van der Waals surface area contributed by atoms with Crippen molar-refractivity contribution in [1.82, 2.24) is 0 Å². The highest BCUT2D eigenvalue weighted by Crippen LogP contribution is 2.48. The molecule has 3 nitrogen and oxygen atoms in total. The Morgan fingerprint density at radius 3 is 2.62 bits per heavy atom. The molecule has 0 radical (unpaired) electrons. The van der Waals surface area contributed by atoms with Crippen LogP contribution in [0, 0.1) is 11.8 Å². The Morgan fingerprint density at radius 1 is 1.29 bits per heavy atom. The van der Waals surface area contributed by atoms with E-state index >= 15 is 0 Å². The second-order valence-electron chi connectivity index (χ2n) is 6.99. The first-order valence-electron chi connectivity index (χ1n) is 8.08. The zero-order valence-corrected chi connectivity index (χ0v) is 13.3. The summed E-state index contributed by atoms with van der Waals surface area (Å²) in [6.45, 7) is 4.61.